The van der Waals surface area contributed by atoms with E-state index in [0.717, 1.165) is 5.56 Å². The Morgan fingerprint density at radius 1 is 1.17 bits per heavy atom. The van der Waals surface area contributed by atoms with E-state index in [1.807, 2.05) is 13.8 Å². The number of hydrogen-bond donors (Lipinski definition) is 3. The van der Waals surface area contributed by atoms with Gasteiger partial charge >= 0.3 is 0 Å². The first-order valence-electron chi connectivity index (χ1n) is 7.60. The summed E-state index contributed by atoms with van der Waals surface area (Å²) in [6, 6.07) is 6.10. The van der Waals surface area contributed by atoms with Crippen LogP contribution in [0.25, 0.3) is 22.4 Å². The lowest BCUT2D eigenvalue weighted by molar-refractivity contribution is 0.292. The monoisotopic (exact) mass is 317 g/mol. The highest BCUT2D eigenvalue weighted by Gasteiger charge is 2.11. The van der Waals surface area contributed by atoms with Crippen molar-refractivity contribution in [3.63, 3.8) is 0 Å². The number of aliphatic hydroxyl groups excluding tert-OH is 1. The molecule has 0 saturated heterocycles. The average molecular weight is 317 g/mol. The lowest BCUT2D eigenvalue weighted by atomic mass is 10.1. The molecule has 0 aliphatic carbocycles. The first-order chi connectivity index (χ1) is 11.3. The van der Waals surface area contributed by atoms with Crippen LogP contribution < -0.4 is 5.32 Å². The molecule has 0 atom stereocenters. The molecule has 2 aromatic heterocycles. The molecule has 0 aliphatic heterocycles. The van der Waals surface area contributed by atoms with Gasteiger partial charge in [-0.15, -0.1) is 0 Å². The van der Waals surface area contributed by atoms with Gasteiger partial charge in [0.2, 0.25) is 5.95 Å². The molecule has 6 nitrogen and oxygen atoms in total. The predicted octanol–water partition coefficient (Wildman–Crippen LogP) is 2.98. The molecule has 0 bridgehead atoms. The van der Waals surface area contributed by atoms with Crippen LogP contribution in [0.15, 0.2) is 30.6 Å². The van der Waals surface area contributed by atoms with Crippen LogP contribution in [0.4, 0.5) is 10.3 Å². The van der Waals surface area contributed by atoms with E-state index in [4.69, 9.17) is 5.11 Å². The molecule has 0 fully saturated rings. The molecule has 3 aromatic rings. The Kier molecular flexibility index (Phi) is 5.99. The highest BCUT2D eigenvalue weighted by molar-refractivity contribution is 5.87. The predicted molar refractivity (Wildman–Crippen MR) is 88.6 cm³/mol. The normalized spacial score (nSPS) is 10.3. The maximum atomic E-state index is 13.1. The molecule has 7 heteroatoms. The molecule has 0 unspecified atom stereocenters. The van der Waals surface area contributed by atoms with Crippen molar-refractivity contribution in [3.8, 4) is 11.3 Å². The summed E-state index contributed by atoms with van der Waals surface area (Å²) in [5.41, 5.74) is 2.67. The number of halogens is 1. The van der Waals surface area contributed by atoms with E-state index in [9.17, 15) is 4.39 Å². The number of rotatable bonds is 5. The largest absolute Gasteiger partial charge is 0.396 e. The zero-order valence-corrected chi connectivity index (χ0v) is 13.2. The number of hydrogen-bond acceptors (Lipinski definition) is 5. The Morgan fingerprint density at radius 3 is 2.61 bits per heavy atom. The van der Waals surface area contributed by atoms with Crippen molar-refractivity contribution in [2.24, 2.45) is 0 Å². The number of nitrogens with one attached hydrogen (secondary N) is 2. The highest BCUT2D eigenvalue weighted by Crippen LogP contribution is 2.25. The minimum atomic E-state index is -0.296. The number of benzene rings is 1. The van der Waals surface area contributed by atoms with Gasteiger partial charge in [0.25, 0.3) is 0 Å². The maximum absolute atomic E-state index is 13.1. The Labute approximate surface area is 133 Å². The van der Waals surface area contributed by atoms with Gasteiger partial charge in [-0.2, -0.15) is 4.98 Å². The molecular formula is C16H20FN5O. The van der Waals surface area contributed by atoms with Crippen LogP contribution in [-0.2, 0) is 0 Å². The van der Waals surface area contributed by atoms with Gasteiger partial charge in [-0.05, 0) is 30.7 Å². The van der Waals surface area contributed by atoms with Crippen molar-refractivity contribution in [1.29, 1.82) is 0 Å². The Bertz CT molecular complexity index is 742. The molecule has 3 N–H and O–H groups in total. The molecule has 2 heterocycles. The van der Waals surface area contributed by atoms with E-state index in [0.29, 0.717) is 35.8 Å². The second kappa shape index (κ2) is 8.19. The first-order valence-corrected chi connectivity index (χ1v) is 7.60. The molecular weight excluding hydrogens is 297 g/mol. The van der Waals surface area contributed by atoms with Crippen LogP contribution in [-0.4, -0.2) is 38.2 Å². The van der Waals surface area contributed by atoms with E-state index in [1.165, 1.54) is 12.1 Å². The highest BCUT2D eigenvalue weighted by atomic mass is 19.1. The number of aliphatic hydroxyl groups is 1. The van der Waals surface area contributed by atoms with E-state index in [-0.39, 0.29) is 12.4 Å². The zero-order valence-electron chi connectivity index (χ0n) is 13.2. The summed E-state index contributed by atoms with van der Waals surface area (Å²) < 4.78 is 13.1. The standard InChI is InChI=1S/C14H14FN5O.C2H6/c15-10-4-2-9(3-5-10)11-12-13(18-8-17-12)20-14(19-11)16-6-1-7-21;1-2/h2-5,8,21H,1,6-7H2,(H2,16,17,18,19,20);1-2H3. The summed E-state index contributed by atoms with van der Waals surface area (Å²) in [6.45, 7) is 4.66. The molecule has 0 amide bonds. The molecule has 3 rings (SSSR count). The van der Waals surface area contributed by atoms with Crippen LogP contribution in [0, 0.1) is 5.82 Å². The summed E-state index contributed by atoms with van der Waals surface area (Å²) in [4.78, 5) is 15.9. The smallest absolute Gasteiger partial charge is 0.225 e. The van der Waals surface area contributed by atoms with Gasteiger partial charge < -0.3 is 15.4 Å². The third-order valence-corrected chi connectivity index (χ3v) is 3.02. The van der Waals surface area contributed by atoms with E-state index in [2.05, 4.69) is 25.3 Å². The Morgan fingerprint density at radius 2 is 1.91 bits per heavy atom. The average Bonchev–Trinajstić information content (AvgIpc) is 3.05. The van der Waals surface area contributed by atoms with Crippen molar-refractivity contribution in [3.05, 3.63) is 36.4 Å². The summed E-state index contributed by atoms with van der Waals surface area (Å²) in [5, 5.41) is 11.8. The van der Waals surface area contributed by atoms with Gasteiger partial charge in [-0.1, -0.05) is 13.8 Å². The van der Waals surface area contributed by atoms with Crippen molar-refractivity contribution < 1.29 is 9.50 Å². The van der Waals surface area contributed by atoms with Crippen LogP contribution in [0.1, 0.15) is 20.3 Å². The molecule has 122 valence electrons. The SMILES string of the molecule is CC.OCCCNc1nc(-c2ccc(F)cc2)c2[nH]cnc2n1. The van der Waals surface area contributed by atoms with Crippen molar-refractivity contribution in [1.82, 2.24) is 19.9 Å². The van der Waals surface area contributed by atoms with E-state index in [1.54, 1.807) is 18.5 Å². The zero-order chi connectivity index (χ0) is 16.7. The number of aromatic nitrogens is 4. The maximum Gasteiger partial charge on any atom is 0.225 e. The van der Waals surface area contributed by atoms with Gasteiger partial charge in [0.1, 0.15) is 17.0 Å². The fourth-order valence-corrected chi connectivity index (χ4v) is 2.01. The van der Waals surface area contributed by atoms with Gasteiger partial charge in [-0.25, -0.2) is 14.4 Å². The number of nitrogens with zero attached hydrogens (tertiary/aromatic N) is 3. The molecule has 0 radical (unpaired) electrons. The summed E-state index contributed by atoms with van der Waals surface area (Å²) in [5.74, 6) is 0.136. The fraction of sp³-hybridized carbons (Fsp3) is 0.312. The fourth-order valence-electron chi connectivity index (χ4n) is 2.01. The van der Waals surface area contributed by atoms with E-state index >= 15 is 0 Å². The molecule has 0 aliphatic rings. The summed E-state index contributed by atoms with van der Waals surface area (Å²) >= 11 is 0. The van der Waals surface area contributed by atoms with Gasteiger partial charge in [0.05, 0.1) is 6.33 Å². The number of H-pyrrole nitrogens is 1. The molecule has 0 saturated carbocycles. The summed E-state index contributed by atoms with van der Waals surface area (Å²) in [6.07, 6.45) is 2.15. The van der Waals surface area contributed by atoms with Crippen molar-refractivity contribution in [2.75, 3.05) is 18.5 Å². The Hall–Kier alpha value is -2.54. The minimum absolute atomic E-state index is 0.0997. The van der Waals surface area contributed by atoms with Crippen LogP contribution in [0.2, 0.25) is 0 Å². The second-order valence-corrected chi connectivity index (χ2v) is 4.51. The second-order valence-electron chi connectivity index (χ2n) is 4.51. The van der Waals surface area contributed by atoms with Crippen molar-refractivity contribution in [2.45, 2.75) is 20.3 Å². The lowest BCUT2D eigenvalue weighted by Gasteiger charge is -2.07. The van der Waals surface area contributed by atoms with Gasteiger partial charge in [-0.3, -0.25) is 0 Å². The van der Waals surface area contributed by atoms with E-state index < -0.39 is 0 Å². The molecule has 1 aromatic carbocycles. The topological polar surface area (TPSA) is 86.7 Å². The van der Waals surface area contributed by atoms with Gasteiger partial charge in [0.15, 0.2) is 5.65 Å². The third-order valence-electron chi connectivity index (χ3n) is 3.02. The quantitative estimate of drug-likeness (QED) is 0.630. The minimum Gasteiger partial charge on any atom is -0.396 e. The van der Waals surface area contributed by atoms with Crippen LogP contribution >= 0.6 is 0 Å². The van der Waals surface area contributed by atoms with Crippen molar-refractivity contribution >= 4 is 17.1 Å². The number of anilines is 1. The Balaban J connectivity index is 0.000000924. The molecule has 23 heavy (non-hydrogen) atoms. The summed E-state index contributed by atoms with van der Waals surface area (Å²) in [7, 11) is 0. The number of aromatic amines is 1. The van der Waals surface area contributed by atoms with Crippen LogP contribution in [0.3, 0.4) is 0 Å². The third kappa shape index (κ3) is 4.01. The van der Waals surface area contributed by atoms with Crippen LogP contribution in [0.5, 0.6) is 0 Å². The van der Waals surface area contributed by atoms with Gasteiger partial charge in [0, 0.05) is 18.7 Å². The number of imidazole rings is 1. The molecule has 0 spiro atoms. The lowest BCUT2D eigenvalue weighted by Crippen LogP contribution is -2.07. The first kappa shape index (κ1) is 16.8. The number of fused-ring (bicyclic) bond motifs is 1.